The number of rotatable bonds is 5. The Morgan fingerprint density at radius 2 is 1.86 bits per heavy atom. The minimum atomic E-state index is -3.56. The lowest BCUT2D eigenvalue weighted by molar-refractivity contribution is 0.0964. The smallest absolute Gasteiger partial charge is 0.256 e. The Bertz CT molecular complexity index is 967. The van der Waals surface area contributed by atoms with E-state index in [1.807, 2.05) is 6.92 Å². The van der Waals surface area contributed by atoms with E-state index in [1.165, 1.54) is 47.0 Å². The highest BCUT2D eigenvalue weighted by molar-refractivity contribution is 7.89. The molecule has 3 rings (SSSR count). The van der Waals surface area contributed by atoms with Crippen molar-refractivity contribution in [2.75, 3.05) is 25.5 Å². The van der Waals surface area contributed by atoms with Gasteiger partial charge in [-0.15, -0.1) is 11.3 Å². The standard InChI is InChI=1S/C19H23N3O4S2/c1-13-4-3-10-22(12-13)28(25,26)15-7-5-14(6-8-15)17(23)21-19-16(9-11-27-19)18(24)20-2/h5-9,11,13H,3-4,10,12H2,1-2H3,(H,20,24)(H,21,23)/t13-/m0/s1. The molecule has 2 aromatic rings. The average molecular weight is 422 g/mol. The molecule has 7 nitrogen and oxygen atoms in total. The summed E-state index contributed by atoms with van der Waals surface area (Å²) in [5, 5.41) is 7.40. The molecule has 1 aliphatic rings. The quantitative estimate of drug-likeness (QED) is 0.776. The predicted molar refractivity (Wildman–Crippen MR) is 109 cm³/mol. The number of carbonyl (C=O) groups excluding carboxylic acids is 2. The Hall–Kier alpha value is -2.23. The average Bonchev–Trinajstić information content (AvgIpc) is 3.15. The third-order valence-corrected chi connectivity index (χ3v) is 7.45. The molecule has 0 aliphatic carbocycles. The predicted octanol–water partition coefficient (Wildman–Crippen LogP) is 2.78. The van der Waals surface area contributed by atoms with Crippen LogP contribution in [0.25, 0.3) is 0 Å². The molecule has 1 saturated heterocycles. The molecule has 0 radical (unpaired) electrons. The van der Waals surface area contributed by atoms with Gasteiger partial charge in [-0.25, -0.2) is 8.42 Å². The van der Waals surface area contributed by atoms with Crippen LogP contribution < -0.4 is 10.6 Å². The van der Waals surface area contributed by atoms with Crippen LogP contribution in [0.4, 0.5) is 5.00 Å². The second-order valence-corrected chi connectivity index (χ2v) is 9.69. The highest BCUT2D eigenvalue weighted by Gasteiger charge is 2.28. The van der Waals surface area contributed by atoms with Crippen molar-refractivity contribution in [2.24, 2.45) is 5.92 Å². The molecule has 1 atom stereocenters. The Balaban J connectivity index is 1.74. The van der Waals surface area contributed by atoms with Crippen molar-refractivity contribution in [3.8, 4) is 0 Å². The third-order valence-electron chi connectivity index (χ3n) is 4.74. The van der Waals surface area contributed by atoms with Gasteiger partial charge in [-0.1, -0.05) is 6.92 Å². The van der Waals surface area contributed by atoms with Crippen LogP contribution in [0.5, 0.6) is 0 Å². The van der Waals surface area contributed by atoms with Crippen LogP contribution in [0.3, 0.4) is 0 Å². The van der Waals surface area contributed by atoms with Crippen molar-refractivity contribution < 1.29 is 18.0 Å². The van der Waals surface area contributed by atoms with Crippen LogP contribution in [0.2, 0.25) is 0 Å². The summed E-state index contributed by atoms with van der Waals surface area (Å²) in [4.78, 5) is 24.5. The minimum Gasteiger partial charge on any atom is -0.355 e. The number of benzene rings is 1. The zero-order valence-electron chi connectivity index (χ0n) is 15.8. The molecule has 1 fully saturated rings. The molecular formula is C19H23N3O4S2. The molecule has 0 unspecified atom stereocenters. The molecule has 2 amide bonds. The van der Waals surface area contributed by atoms with E-state index in [0.29, 0.717) is 35.1 Å². The van der Waals surface area contributed by atoms with Crippen molar-refractivity contribution in [2.45, 2.75) is 24.7 Å². The summed E-state index contributed by atoms with van der Waals surface area (Å²) in [6.45, 7) is 3.09. The van der Waals surface area contributed by atoms with E-state index in [4.69, 9.17) is 0 Å². The van der Waals surface area contributed by atoms with E-state index < -0.39 is 15.9 Å². The number of sulfonamides is 1. The molecule has 1 aliphatic heterocycles. The second-order valence-electron chi connectivity index (χ2n) is 6.83. The first-order valence-electron chi connectivity index (χ1n) is 9.04. The van der Waals surface area contributed by atoms with Gasteiger partial charge >= 0.3 is 0 Å². The lowest BCUT2D eigenvalue weighted by atomic mass is 10.0. The number of piperidine rings is 1. The SMILES string of the molecule is CNC(=O)c1ccsc1NC(=O)c1ccc(S(=O)(=O)N2CCC[C@H](C)C2)cc1. The Morgan fingerprint density at radius 3 is 2.50 bits per heavy atom. The lowest BCUT2D eigenvalue weighted by Crippen LogP contribution is -2.39. The maximum absolute atomic E-state index is 12.8. The topological polar surface area (TPSA) is 95.6 Å². The maximum atomic E-state index is 12.8. The molecular weight excluding hydrogens is 398 g/mol. The monoisotopic (exact) mass is 421 g/mol. The van der Waals surface area contributed by atoms with Gasteiger partial charge in [0.1, 0.15) is 5.00 Å². The summed E-state index contributed by atoms with van der Waals surface area (Å²) in [7, 11) is -2.04. The summed E-state index contributed by atoms with van der Waals surface area (Å²) in [6.07, 6.45) is 1.89. The molecule has 1 aromatic carbocycles. The molecule has 0 bridgehead atoms. The van der Waals surface area contributed by atoms with E-state index in [2.05, 4.69) is 10.6 Å². The first-order valence-corrected chi connectivity index (χ1v) is 11.4. The zero-order chi connectivity index (χ0) is 20.3. The van der Waals surface area contributed by atoms with Crippen LogP contribution in [-0.4, -0.2) is 44.7 Å². The summed E-state index contributed by atoms with van der Waals surface area (Å²) in [5.41, 5.74) is 0.710. The van der Waals surface area contributed by atoms with Crippen molar-refractivity contribution >= 4 is 38.2 Å². The highest BCUT2D eigenvalue weighted by Crippen LogP contribution is 2.25. The first kappa shape index (κ1) is 20.5. The van der Waals surface area contributed by atoms with Gasteiger partial charge in [-0.2, -0.15) is 4.31 Å². The molecule has 1 aromatic heterocycles. The summed E-state index contributed by atoms with van der Waals surface area (Å²) >= 11 is 1.25. The normalized spacial score (nSPS) is 17.9. The first-order chi connectivity index (χ1) is 13.3. The molecule has 28 heavy (non-hydrogen) atoms. The number of hydrogen-bond donors (Lipinski definition) is 2. The maximum Gasteiger partial charge on any atom is 0.256 e. The Labute approximate surface area is 168 Å². The molecule has 150 valence electrons. The molecule has 2 heterocycles. The lowest BCUT2D eigenvalue weighted by Gasteiger charge is -2.30. The van der Waals surface area contributed by atoms with Gasteiger partial charge in [0.05, 0.1) is 10.5 Å². The summed E-state index contributed by atoms with van der Waals surface area (Å²) in [5.74, 6) is -0.342. The second kappa shape index (κ2) is 8.42. The zero-order valence-corrected chi connectivity index (χ0v) is 17.4. The van der Waals surface area contributed by atoms with Crippen LogP contribution in [0.1, 0.15) is 40.5 Å². The van der Waals surface area contributed by atoms with Gasteiger partial charge in [-0.3, -0.25) is 9.59 Å². The van der Waals surface area contributed by atoms with E-state index in [9.17, 15) is 18.0 Å². The number of thiophene rings is 1. The van der Waals surface area contributed by atoms with Crippen LogP contribution >= 0.6 is 11.3 Å². The van der Waals surface area contributed by atoms with Gasteiger partial charge in [0.2, 0.25) is 10.0 Å². The summed E-state index contributed by atoms with van der Waals surface area (Å²) in [6, 6.07) is 7.52. The minimum absolute atomic E-state index is 0.181. The number of anilines is 1. The van der Waals surface area contributed by atoms with E-state index in [0.717, 1.165) is 12.8 Å². The molecule has 2 N–H and O–H groups in total. The Kier molecular flexibility index (Phi) is 6.17. The van der Waals surface area contributed by atoms with Crippen LogP contribution in [-0.2, 0) is 10.0 Å². The van der Waals surface area contributed by atoms with Gasteiger partial charge in [-0.05, 0) is 54.5 Å². The van der Waals surface area contributed by atoms with Crippen molar-refractivity contribution in [3.05, 3.63) is 46.8 Å². The number of hydrogen-bond acceptors (Lipinski definition) is 5. The Morgan fingerprint density at radius 1 is 1.14 bits per heavy atom. The van der Waals surface area contributed by atoms with Gasteiger partial charge in [0, 0.05) is 25.7 Å². The number of nitrogens with zero attached hydrogens (tertiary/aromatic N) is 1. The number of nitrogens with one attached hydrogen (secondary N) is 2. The fourth-order valence-corrected chi connectivity index (χ4v) is 5.56. The van der Waals surface area contributed by atoms with Gasteiger partial charge < -0.3 is 10.6 Å². The van der Waals surface area contributed by atoms with Crippen LogP contribution in [0, 0.1) is 5.92 Å². The van der Waals surface area contributed by atoms with Crippen LogP contribution in [0.15, 0.2) is 40.6 Å². The molecule has 0 saturated carbocycles. The molecule has 0 spiro atoms. The highest BCUT2D eigenvalue weighted by atomic mass is 32.2. The van der Waals surface area contributed by atoms with Gasteiger partial charge in [0.25, 0.3) is 11.8 Å². The molecule has 9 heteroatoms. The fraction of sp³-hybridized carbons (Fsp3) is 0.368. The van der Waals surface area contributed by atoms with Crippen molar-refractivity contribution in [3.63, 3.8) is 0 Å². The van der Waals surface area contributed by atoms with E-state index in [-0.39, 0.29) is 10.8 Å². The summed E-state index contributed by atoms with van der Waals surface area (Å²) < 4.78 is 27.1. The van der Waals surface area contributed by atoms with E-state index >= 15 is 0 Å². The van der Waals surface area contributed by atoms with Crippen molar-refractivity contribution in [1.82, 2.24) is 9.62 Å². The third kappa shape index (κ3) is 4.26. The fourth-order valence-electron chi connectivity index (χ4n) is 3.19. The largest absolute Gasteiger partial charge is 0.355 e. The number of carbonyl (C=O) groups is 2. The van der Waals surface area contributed by atoms with Gasteiger partial charge in [0.15, 0.2) is 0 Å². The van der Waals surface area contributed by atoms with E-state index in [1.54, 1.807) is 11.4 Å². The number of amides is 2. The van der Waals surface area contributed by atoms with Crippen molar-refractivity contribution in [1.29, 1.82) is 0 Å².